The summed E-state index contributed by atoms with van der Waals surface area (Å²) in [6.07, 6.45) is 1.99. The standard InChI is InChI=1S/C15H23N5/c1-11(2)5-4-6-12-9-14(19-15(16)18-12)20-8-7-13(10-20)17-3/h9,11,13,17H,5,7-8,10H2,1-3H3,(H2,16,18,19)/t13-/m1/s1. The molecule has 0 spiro atoms. The van der Waals surface area contributed by atoms with Gasteiger partial charge in [0.2, 0.25) is 5.95 Å². The van der Waals surface area contributed by atoms with Crippen LogP contribution in [0.3, 0.4) is 0 Å². The van der Waals surface area contributed by atoms with Gasteiger partial charge in [-0.2, -0.15) is 4.98 Å². The Morgan fingerprint density at radius 1 is 1.50 bits per heavy atom. The highest BCUT2D eigenvalue weighted by Gasteiger charge is 2.22. The summed E-state index contributed by atoms with van der Waals surface area (Å²) < 4.78 is 0. The van der Waals surface area contributed by atoms with Crippen molar-refractivity contribution in [2.75, 3.05) is 30.8 Å². The number of anilines is 2. The fourth-order valence-electron chi connectivity index (χ4n) is 2.23. The van der Waals surface area contributed by atoms with Gasteiger partial charge in [0.05, 0.1) is 0 Å². The number of nitrogens with two attached hydrogens (primary N) is 1. The first kappa shape index (κ1) is 14.6. The fraction of sp³-hybridized carbons (Fsp3) is 0.600. The van der Waals surface area contributed by atoms with Crippen LogP contribution in [-0.2, 0) is 0 Å². The molecule has 0 radical (unpaired) electrons. The summed E-state index contributed by atoms with van der Waals surface area (Å²) in [5.74, 6) is 7.96. The Hall–Kier alpha value is -1.80. The second-order valence-electron chi connectivity index (χ2n) is 5.59. The van der Waals surface area contributed by atoms with Crippen molar-refractivity contribution in [1.29, 1.82) is 0 Å². The number of aromatic nitrogens is 2. The van der Waals surface area contributed by atoms with E-state index in [-0.39, 0.29) is 0 Å². The molecule has 0 amide bonds. The van der Waals surface area contributed by atoms with Gasteiger partial charge < -0.3 is 16.0 Å². The normalized spacial score (nSPS) is 18.2. The summed E-state index contributed by atoms with van der Waals surface area (Å²) in [5.41, 5.74) is 6.50. The quantitative estimate of drug-likeness (QED) is 0.811. The van der Waals surface area contributed by atoms with Gasteiger partial charge in [-0.1, -0.05) is 19.8 Å². The van der Waals surface area contributed by atoms with Crippen LogP contribution in [0.1, 0.15) is 32.4 Å². The number of likely N-dealkylation sites (N-methyl/N-ethyl adjacent to an activating group) is 1. The molecule has 0 bridgehead atoms. The minimum absolute atomic E-state index is 0.296. The van der Waals surface area contributed by atoms with Gasteiger partial charge in [0.1, 0.15) is 11.5 Å². The predicted octanol–water partition coefficient (Wildman–Crippen LogP) is 1.25. The third kappa shape index (κ3) is 3.84. The Bertz CT molecular complexity index is 515. The largest absolute Gasteiger partial charge is 0.368 e. The summed E-state index contributed by atoms with van der Waals surface area (Å²) in [6.45, 7) is 6.24. The number of hydrogen-bond acceptors (Lipinski definition) is 5. The van der Waals surface area contributed by atoms with E-state index in [0.717, 1.165) is 31.7 Å². The van der Waals surface area contributed by atoms with Crippen LogP contribution in [0.2, 0.25) is 0 Å². The molecule has 1 aromatic rings. The Labute approximate surface area is 121 Å². The van der Waals surface area contributed by atoms with Crippen molar-refractivity contribution < 1.29 is 0 Å². The smallest absolute Gasteiger partial charge is 0.223 e. The predicted molar refractivity (Wildman–Crippen MR) is 82.5 cm³/mol. The van der Waals surface area contributed by atoms with E-state index in [9.17, 15) is 0 Å². The first-order chi connectivity index (χ1) is 9.58. The molecular formula is C15H23N5. The van der Waals surface area contributed by atoms with Crippen molar-refractivity contribution in [3.8, 4) is 11.8 Å². The molecule has 108 valence electrons. The van der Waals surface area contributed by atoms with Crippen molar-refractivity contribution >= 4 is 11.8 Å². The molecule has 1 fully saturated rings. The Morgan fingerprint density at radius 3 is 2.95 bits per heavy atom. The van der Waals surface area contributed by atoms with Crippen LogP contribution < -0.4 is 16.0 Å². The van der Waals surface area contributed by atoms with Crippen molar-refractivity contribution in [2.45, 2.75) is 32.7 Å². The summed E-state index contributed by atoms with van der Waals surface area (Å²) in [5, 5.41) is 3.30. The molecule has 3 N–H and O–H groups in total. The van der Waals surface area contributed by atoms with E-state index >= 15 is 0 Å². The molecule has 0 saturated carbocycles. The lowest BCUT2D eigenvalue weighted by Gasteiger charge is -2.17. The van der Waals surface area contributed by atoms with Gasteiger partial charge in [0, 0.05) is 31.6 Å². The number of nitrogen functional groups attached to an aromatic ring is 1. The third-order valence-electron chi connectivity index (χ3n) is 3.38. The maximum Gasteiger partial charge on any atom is 0.223 e. The van der Waals surface area contributed by atoms with Crippen molar-refractivity contribution in [1.82, 2.24) is 15.3 Å². The van der Waals surface area contributed by atoms with Gasteiger partial charge in [0.15, 0.2) is 0 Å². The van der Waals surface area contributed by atoms with E-state index < -0.39 is 0 Å². The van der Waals surface area contributed by atoms with E-state index in [1.165, 1.54) is 0 Å². The molecule has 5 heteroatoms. The van der Waals surface area contributed by atoms with Crippen LogP contribution in [0.25, 0.3) is 0 Å². The molecular weight excluding hydrogens is 250 g/mol. The summed E-state index contributed by atoms with van der Waals surface area (Å²) >= 11 is 0. The second kappa shape index (κ2) is 6.58. The molecule has 0 aliphatic carbocycles. The maximum absolute atomic E-state index is 5.79. The first-order valence-corrected chi connectivity index (χ1v) is 7.14. The SMILES string of the molecule is CN[C@@H]1CCN(c2cc(C#CCC(C)C)nc(N)n2)C1. The van der Waals surface area contributed by atoms with Crippen molar-refractivity contribution in [3.05, 3.63) is 11.8 Å². The van der Waals surface area contributed by atoms with Gasteiger partial charge in [-0.25, -0.2) is 4.98 Å². The molecule has 2 heterocycles. The van der Waals surface area contributed by atoms with Crippen molar-refractivity contribution in [2.24, 2.45) is 5.92 Å². The van der Waals surface area contributed by atoms with Gasteiger partial charge in [-0.15, -0.1) is 0 Å². The van der Waals surface area contributed by atoms with Crippen LogP contribution in [0.4, 0.5) is 11.8 Å². The third-order valence-corrected chi connectivity index (χ3v) is 3.38. The van der Waals surface area contributed by atoms with Crippen LogP contribution in [-0.4, -0.2) is 36.1 Å². The summed E-state index contributed by atoms with van der Waals surface area (Å²) in [7, 11) is 1.99. The summed E-state index contributed by atoms with van der Waals surface area (Å²) in [6, 6.07) is 2.45. The molecule has 1 aliphatic rings. The number of hydrogen-bond donors (Lipinski definition) is 2. The number of rotatable bonds is 3. The van der Waals surface area contributed by atoms with E-state index in [0.29, 0.717) is 23.6 Å². The highest BCUT2D eigenvalue weighted by molar-refractivity contribution is 5.48. The topological polar surface area (TPSA) is 67.1 Å². The Kier molecular flexibility index (Phi) is 4.80. The highest BCUT2D eigenvalue weighted by Crippen LogP contribution is 2.19. The molecule has 20 heavy (non-hydrogen) atoms. The second-order valence-corrected chi connectivity index (χ2v) is 5.59. The van der Waals surface area contributed by atoms with E-state index in [1.54, 1.807) is 0 Å². The van der Waals surface area contributed by atoms with Gasteiger partial charge in [0.25, 0.3) is 0 Å². The molecule has 0 unspecified atom stereocenters. The number of nitrogens with zero attached hydrogens (tertiary/aromatic N) is 3. The lowest BCUT2D eigenvalue weighted by Crippen LogP contribution is -2.30. The Balaban J connectivity index is 2.14. The van der Waals surface area contributed by atoms with E-state index in [1.807, 2.05) is 13.1 Å². The summed E-state index contributed by atoms with van der Waals surface area (Å²) in [4.78, 5) is 10.7. The molecule has 1 aliphatic heterocycles. The van der Waals surface area contributed by atoms with Crippen LogP contribution in [0.15, 0.2) is 6.07 Å². The molecule has 5 nitrogen and oxygen atoms in total. The minimum atomic E-state index is 0.296. The van der Waals surface area contributed by atoms with Crippen LogP contribution in [0.5, 0.6) is 0 Å². The lowest BCUT2D eigenvalue weighted by molar-refractivity contribution is 0.616. The van der Waals surface area contributed by atoms with E-state index in [4.69, 9.17) is 5.73 Å². The fourth-order valence-corrected chi connectivity index (χ4v) is 2.23. The molecule has 0 aromatic carbocycles. The zero-order valence-corrected chi connectivity index (χ0v) is 12.5. The lowest BCUT2D eigenvalue weighted by atomic mass is 10.1. The van der Waals surface area contributed by atoms with Gasteiger partial charge in [-0.05, 0) is 25.3 Å². The average molecular weight is 273 g/mol. The van der Waals surface area contributed by atoms with E-state index in [2.05, 4.69) is 45.9 Å². The Morgan fingerprint density at radius 2 is 2.30 bits per heavy atom. The zero-order valence-electron chi connectivity index (χ0n) is 12.5. The molecule has 2 rings (SSSR count). The van der Waals surface area contributed by atoms with Gasteiger partial charge in [-0.3, -0.25) is 0 Å². The maximum atomic E-state index is 5.79. The van der Waals surface area contributed by atoms with Gasteiger partial charge >= 0.3 is 0 Å². The van der Waals surface area contributed by atoms with Crippen LogP contribution >= 0.6 is 0 Å². The molecule has 1 saturated heterocycles. The highest BCUT2D eigenvalue weighted by atomic mass is 15.2. The monoisotopic (exact) mass is 273 g/mol. The average Bonchev–Trinajstić information content (AvgIpc) is 2.86. The molecule has 1 atom stereocenters. The first-order valence-electron chi connectivity index (χ1n) is 7.14. The molecule has 1 aromatic heterocycles. The van der Waals surface area contributed by atoms with Crippen molar-refractivity contribution in [3.63, 3.8) is 0 Å². The zero-order chi connectivity index (χ0) is 14.5. The minimum Gasteiger partial charge on any atom is -0.368 e. The number of nitrogens with one attached hydrogen (secondary N) is 1. The van der Waals surface area contributed by atoms with Crippen LogP contribution in [0, 0.1) is 17.8 Å².